The van der Waals surface area contributed by atoms with Crippen molar-refractivity contribution in [1.82, 2.24) is 4.90 Å². The molecule has 1 heterocycles. The predicted molar refractivity (Wildman–Crippen MR) is 104 cm³/mol. The van der Waals surface area contributed by atoms with Crippen LogP contribution < -0.4 is 0 Å². The fraction of sp³-hybridized carbons (Fsp3) is 0.150. The molecule has 8 heteroatoms. The lowest BCUT2D eigenvalue weighted by Crippen LogP contribution is -2.17. The average molecular weight is 448 g/mol. The summed E-state index contributed by atoms with van der Waals surface area (Å²) in [5.41, 5.74) is 0.495. The van der Waals surface area contributed by atoms with Gasteiger partial charge < -0.3 is 19.1 Å². The van der Waals surface area contributed by atoms with Crippen LogP contribution in [0.4, 0.5) is 0 Å². The molecule has 28 heavy (non-hydrogen) atoms. The number of halogens is 1. The highest BCUT2D eigenvalue weighted by molar-refractivity contribution is 9.10. The van der Waals surface area contributed by atoms with Crippen LogP contribution in [0.3, 0.4) is 0 Å². The van der Waals surface area contributed by atoms with E-state index in [4.69, 9.17) is 9.47 Å². The molecule has 1 aromatic carbocycles. The molecular formula is C20H18BrNO6. The van der Waals surface area contributed by atoms with Crippen molar-refractivity contribution in [2.75, 3.05) is 14.2 Å². The summed E-state index contributed by atoms with van der Waals surface area (Å²) in [5.74, 6) is -2.17. The first kappa shape index (κ1) is 21.2. The lowest BCUT2D eigenvalue weighted by molar-refractivity contribution is -0.136. The van der Waals surface area contributed by atoms with Gasteiger partial charge in [-0.25, -0.2) is 14.4 Å². The zero-order valence-electron chi connectivity index (χ0n) is 15.2. The molecule has 1 aromatic rings. The van der Waals surface area contributed by atoms with Gasteiger partial charge in [0.1, 0.15) is 6.26 Å². The molecule has 0 unspecified atom stereocenters. The highest BCUT2D eigenvalue weighted by Gasteiger charge is 2.21. The third-order valence-electron chi connectivity index (χ3n) is 3.67. The van der Waals surface area contributed by atoms with Crippen molar-refractivity contribution in [2.45, 2.75) is 0 Å². The van der Waals surface area contributed by atoms with Crippen molar-refractivity contribution in [2.24, 2.45) is 5.92 Å². The molecule has 0 radical (unpaired) electrons. The number of allylic oxidation sites excluding steroid dienone is 2. The van der Waals surface area contributed by atoms with Gasteiger partial charge in [-0.2, -0.15) is 0 Å². The fourth-order valence-corrected chi connectivity index (χ4v) is 2.44. The third kappa shape index (κ3) is 5.95. The molecule has 1 aliphatic heterocycles. The van der Waals surface area contributed by atoms with Gasteiger partial charge in [-0.3, -0.25) is 0 Å². The maximum atomic E-state index is 12.2. The van der Waals surface area contributed by atoms with E-state index < -0.39 is 23.8 Å². The minimum Gasteiger partial charge on any atom is -0.466 e. The molecule has 0 spiro atoms. The van der Waals surface area contributed by atoms with Crippen molar-refractivity contribution in [1.29, 1.82) is 0 Å². The maximum Gasteiger partial charge on any atom is 0.342 e. The van der Waals surface area contributed by atoms with Crippen LogP contribution in [0.5, 0.6) is 0 Å². The first-order valence-corrected chi connectivity index (χ1v) is 8.89. The summed E-state index contributed by atoms with van der Waals surface area (Å²) in [4.78, 5) is 37.0. The summed E-state index contributed by atoms with van der Waals surface area (Å²) in [5, 5.41) is 0. The summed E-state index contributed by atoms with van der Waals surface area (Å²) in [7, 11) is 2.53. The first-order valence-electron chi connectivity index (χ1n) is 8.09. The summed E-state index contributed by atoms with van der Waals surface area (Å²) in [6.45, 7) is 0. The molecule has 1 aliphatic rings. The standard InChI is InChI=1S/C20H18BrNO6/c1-26-18(23)9-12-22-10-7-14(8-11-22)17(20(25)27-2)13-28-19(24)15-3-5-16(21)6-4-15/h3-14H,1-2H3/b12-9+,17-13+. The van der Waals surface area contributed by atoms with E-state index in [2.05, 4.69) is 20.7 Å². The predicted octanol–water partition coefficient (Wildman–Crippen LogP) is 3.31. The van der Waals surface area contributed by atoms with E-state index in [9.17, 15) is 14.4 Å². The lowest BCUT2D eigenvalue weighted by atomic mass is 9.98. The third-order valence-corrected chi connectivity index (χ3v) is 4.20. The smallest absolute Gasteiger partial charge is 0.342 e. The first-order chi connectivity index (χ1) is 13.4. The van der Waals surface area contributed by atoms with Crippen molar-refractivity contribution in [3.8, 4) is 0 Å². The Morgan fingerprint density at radius 3 is 2.25 bits per heavy atom. The number of hydrogen-bond acceptors (Lipinski definition) is 7. The maximum absolute atomic E-state index is 12.2. The van der Waals surface area contributed by atoms with E-state index in [-0.39, 0.29) is 5.57 Å². The van der Waals surface area contributed by atoms with E-state index in [1.54, 1.807) is 53.7 Å². The van der Waals surface area contributed by atoms with E-state index in [1.165, 1.54) is 26.5 Å². The highest BCUT2D eigenvalue weighted by Crippen LogP contribution is 2.21. The Morgan fingerprint density at radius 1 is 1.04 bits per heavy atom. The van der Waals surface area contributed by atoms with Crippen LogP contribution in [-0.2, 0) is 23.8 Å². The van der Waals surface area contributed by atoms with Gasteiger partial charge in [0.25, 0.3) is 0 Å². The highest BCUT2D eigenvalue weighted by atomic mass is 79.9. The molecule has 0 saturated heterocycles. The Balaban J connectivity index is 2.11. The summed E-state index contributed by atoms with van der Waals surface area (Å²) in [6.07, 6.45) is 10.5. The Hall–Kier alpha value is -3.13. The van der Waals surface area contributed by atoms with Crippen LogP contribution in [-0.4, -0.2) is 37.0 Å². The van der Waals surface area contributed by atoms with E-state index in [0.29, 0.717) is 5.56 Å². The zero-order chi connectivity index (χ0) is 20.5. The lowest BCUT2D eigenvalue weighted by Gasteiger charge is -2.19. The molecule has 2 rings (SSSR count). The molecule has 0 fully saturated rings. The van der Waals surface area contributed by atoms with Gasteiger partial charge in [0, 0.05) is 35.1 Å². The molecule has 0 N–H and O–H groups in total. The molecule has 0 aliphatic carbocycles. The van der Waals surface area contributed by atoms with Gasteiger partial charge in [-0.1, -0.05) is 28.1 Å². The van der Waals surface area contributed by atoms with Crippen molar-refractivity contribution >= 4 is 33.8 Å². The minimum absolute atomic E-state index is 0.150. The van der Waals surface area contributed by atoms with Gasteiger partial charge in [0.2, 0.25) is 0 Å². The molecule has 0 atom stereocenters. The van der Waals surface area contributed by atoms with Crippen LogP contribution in [0.25, 0.3) is 0 Å². The van der Waals surface area contributed by atoms with Crippen molar-refractivity contribution < 1.29 is 28.6 Å². The van der Waals surface area contributed by atoms with E-state index in [0.717, 1.165) is 10.7 Å². The van der Waals surface area contributed by atoms with Gasteiger partial charge in [0.15, 0.2) is 0 Å². The van der Waals surface area contributed by atoms with Crippen LogP contribution in [0, 0.1) is 5.92 Å². The van der Waals surface area contributed by atoms with Gasteiger partial charge in [-0.15, -0.1) is 0 Å². The monoisotopic (exact) mass is 447 g/mol. The molecule has 0 bridgehead atoms. The van der Waals surface area contributed by atoms with E-state index >= 15 is 0 Å². The molecule has 0 saturated carbocycles. The number of hydrogen-bond donors (Lipinski definition) is 0. The molecule has 0 amide bonds. The largest absolute Gasteiger partial charge is 0.466 e. The Labute approximate surface area is 170 Å². The average Bonchev–Trinajstić information content (AvgIpc) is 2.72. The summed E-state index contributed by atoms with van der Waals surface area (Å²) < 4.78 is 15.3. The van der Waals surface area contributed by atoms with E-state index in [1.807, 2.05) is 0 Å². The number of methoxy groups -OCH3 is 2. The van der Waals surface area contributed by atoms with Crippen molar-refractivity contribution in [3.63, 3.8) is 0 Å². The topological polar surface area (TPSA) is 82.1 Å². The molecule has 7 nitrogen and oxygen atoms in total. The quantitative estimate of drug-likeness (QED) is 0.286. The Bertz CT molecular complexity index is 840. The Morgan fingerprint density at radius 2 is 1.68 bits per heavy atom. The fourth-order valence-electron chi connectivity index (χ4n) is 2.17. The van der Waals surface area contributed by atoms with Gasteiger partial charge in [0.05, 0.1) is 25.4 Å². The SMILES string of the molecule is COC(=O)/C=C/N1C=CC(/C(=C\OC(=O)c2ccc(Br)cc2)C(=O)OC)C=C1. The molecule has 0 aromatic heterocycles. The number of esters is 3. The van der Waals surface area contributed by atoms with Gasteiger partial charge >= 0.3 is 17.9 Å². The second-order valence-corrected chi connectivity index (χ2v) is 6.39. The normalized spacial score (nSPS) is 14.2. The van der Waals surface area contributed by atoms with Crippen LogP contribution in [0.15, 0.2) is 77.4 Å². The van der Waals surface area contributed by atoms with Crippen LogP contribution in [0.1, 0.15) is 10.4 Å². The van der Waals surface area contributed by atoms with Crippen molar-refractivity contribution in [3.05, 3.63) is 83.0 Å². The second-order valence-electron chi connectivity index (χ2n) is 5.47. The number of carbonyl (C=O) groups excluding carboxylic acids is 3. The zero-order valence-corrected chi connectivity index (χ0v) is 16.8. The van der Waals surface area contributed by atoms with Crippen LogP contribution in [0.2, 0.25) is 0 Å². The minimum atomic E-state index is -0.624. The van der Waals surface area contributed by atoms with Crippen LogP contribution >= 0.6 is 15.9 Å². The number of rotatable bonds is 6. The Kier molecular flexibility index (Phi) is 7.76. The number of ether oxygens (including phenoxy) is 3. The molecular weight excluding hydrogens is 430 g/mol. The summed E-state index contributed by atoms with van der Waals surface area (Å²) in [6, 6.07) is 6.63. The number of carbonyl (C=O) groups is 3. The van der Waals surface area contributed by atoms with Gasteiger partial charge in [-0.05, 0) is 24.3 Å². The second kappa shape index (κ2) is 10.3. The molecule has 146 valence electrons. The summed E-state index contributed by atoms with van der Waals surface area (Å²) >= 11 is 3.29. The number of benzene rings is 1. The number of nitrogens with zero attached hydrogens (tertiary/aromatic N) is 1.